The van der Waals surface area contributed by atoms with Crippen LogP contribution in [0, 0.1) is 6.92 Å². The molecule has 2 aromatic rings. The maximum atomic E-state index is 6.33. The SMILES string of the molecule is CCCN(CCC)c1c(C)nc(-c2c(CC)cccc2CC)nc1OCCCN(C)C. The molecule has 1 aromatic heterocycles. The van der Waals surface area contributed by atoms with E-state index in [1.165, 1.54) is 16.7 Å². The first-order valence-electron chi connectivity index (χ1n) is 12.0. The molecule has 0 saturated heterocycles. The minimum absolute atomic E-state index is 0.656. The lowest BCUT2D eigenvalue weighted by atomic mass is 9.97. The first-order valence-corrected chi connectivity index (χ1v) is 12.0. The Kier molecular flexibility index (Phi) is 10.3. The summed E-state index contributed by atoms with van der Waals surface area (Å²) in [5, 5.41) is 0. The number of ether oxygens (including phenoxy) is 1. The van der Waals surface area contributed by atoms with E-state index in [4.69, 9.17) is 14.7 Å². The van der Waals surface area contributed by atoms with E-state index in [9.17, 15) is 0 Å². The molecule has 0 bridgehead atoms. The zero-order valence-electron chi connectivity index (χ0n) is 20.8. The van der Waals surface area contributed by atoms with Gasteiger partial charge in [-0.25, -0.2) is 4.98 Å². The van der Waals surface area contributed by atoms with E-state index in [1.54, 1.807) is 0 Å². The summed E-state index contributed by atoms with van der Waals surface area (Å²) in [6, 6.07) is 6.53. The largest absolute Gasteiger partial charge is 0.476 e. The Morgan fingerprint density at radius 1 is 0.871 bits per heavy atom. The molecule has 0 fully saturated rings. The van der Waals surface area contributed by atoms with Crippen LogP contribution < -0.4 is 9.64 Å². The lowest BCUT2D eigenvalue weighted by Crippen LogP contribution is -2.27. The van der Waals surface area contributed by atoms with E-state index in [1.807, 2.05) is 0 Å². The van der Waals surface area contributed by atoms with Crippen LogP contribution in [0.3, 0.4) is 0 Å². The molecule has 1 heterocycles. The van der Waals surface area contributed by atoms with Crippen molar-refractivity contribution < 1.29 is 4.74 Å². The van der Waals surface area contributed by atoms with Gasteiger partial charge in [-0.2, -0.15) is 4.98 Å². The molecule has 1 aromatic carbocycles. The highest BCUT2D eigenvalue weighted by atomic mass is 16.5. The van der Waals surface area contributed by atoms with Gasteiger partial charge in [-0.15, -0.1) is 0 Å². The average Bonchev–Trinajstić information content (AvgIpc) is 2.75. The van der Waals surface area contributed by atoms with Crippen molar-refractivity contribution in [1.29, 1.82) is 0 Å². The van der Waals surface area contributed by atoms with Crippen LogP contribution in [0.5, 0.6) is 5.88 Å². The third-order valence-electron chi connectivity index (χ3n) is 5.54. The van der Waals surface area contributed by atoms with Crippen LogP contribution in [0.15, 0.2) is 18.2 Å². The van der Waals surface area contributed by atoms with E-state index >= 15 is 0 Å². The fourth-order valence-corrected chi connectivity index (χ4v) is 4.07. The highest BCUT2D eigenvalue weighted by molar-refractivity contribution is 5.69. The van der Waals surface area contributed by atoms with Gasteiger partial charge >= 0.3 is 0 Å². The molecule has 0 saturated carbocycles. The molecular weight excluding hydrogens is 384 g/mol. The monoisotopic (exact) mass is 426 g/mol. The fourth-order valence-electron chi connectivity index (χ4n) is 4.07. The molecule has 0 radical (unpaired) electrons. The van der Waals surface area contributed by atoms with Crippen molar-refractivity contribution in [3.05, 3.63) is 35.0 Å². The van der Waals surface area contributed by atoms with Gasteiger partial charge in [-0.1, -0.05) is 45.9 Å². The summed E-state index contributed by atoms with van der Waals surface area (Å²) in [6.07, 6.45) is 5.06. The lowest BCUT2D eigenvalue weighted by Gasteiger charge is -2.27. The van der Waals surface area contributed by atoms with Crippen LogP contribution in [0.4, 0.5) is 5.69 Å². The zero-order valence-corrected chi connectivity index (χ0v) is 20.8. The normalized spacial score (nSPS) is 11.2. The van der Waals surface area contributed by atoms with Gasteiger partial charge in [-0.05, 0) is 64.3 Å². The zero-order chi connectivity index (χ0) is 22.8. The molecule has 0 aliphatic carbocycles. The molecule has 5 heteroatoms. The number of anilines is 1. The smallest absolute Gasteiger partial charge is 0.241 e. The van der Waals surface area contributed by atoms with Gasteiger partial charge in [0.15, 0.2) is 5.82 Å². The molecule has 0 atom stereocenters. The molecule has 0 unspecified atom stereocenters. The van der Waals surface area contributed by atoms with Crippen LogP contribution in [0.1, 0.15) is 63.8 Å². The predicted molar refractivity (Wildman–Crippen MR) is 132 cm³/mol. The van der Waals surface area contributed by atoms with E-state index in [0.717, 1.165) is 74.8 Å². The summed E-state index contributed by atoms with van der Waals surface area (Å²) in [4.78, 5) is 14.6. The molecule has 0 N–H and O–H groups in total. The summed E-state index contributed by atoms with van der Waals surface area (Å²) in [5.74, 6) is 1.53. The van der Waals surface area contributed by atoms with Gasteiger partial charge in [0, 0.05) is 25.2 Å². The summed E-state index contributed by atoms with van der Waals surface area (Å²) in [6.45, 7) is 14.6. The van der Waals surface area contributed by atoms with Gasteiger partial charge in [0.2, 0.25) is 5.88 Å². The third-order valence-corrected chi connectivity index (χ3v) is 5.54. The quantitative estimate of drug-likeness (QED) is 0.394. The number of benzene rings is 1. The van der Waals surface area contributed by atoms with Crippen molar-refractivity contribution in [2.24, 2.45) is 0 Å². The Hall–Kier alpha value is -2.14. The van der Waals surface area contributed by atoms with E-state index < -0.39 is 0 Å². The molecular formula is C26H42N4O. The van der Waals surface area contributed by atoms with Crippen LogP contribution in [-0.4, -0.2) is 55.2 Å². The summed E-state index contributed by atoms with van der Waals surface area (Å²) < 4.78 is 6.33. The van der Waals surface area contributed by atoms with Gasteiger partial charge in [-0.3, -0.25) is 0 Å². The van der Waals surface area contributed by atoms with Crippen LogP contribution in [0.25, 0.3) is 11.4 Å². The van der Waals surface area contributed by atoms with Gasteiger partial charge < -0.3 is 14.5 Å². The van der Waals surface area contributed by atoms with Crippen molar-refractivity contribution in [3.8, 4) is 17.3 Å². The molecule has 172 valence electrons. The van der Waals surface area contributed by atoms with Crippen LogP contribution >= 0.6 is 0 Å². The second-order valence-electron chi connectivity index (χ2n) is 8.44. The summed E-state index contributed by atoms with van der Waals surface area (Å²) in [5.41, 5.74) is 5.83. The topological polar surface area (TPSA) is 41.5 Å². The molecule has 31 heavy (non-hydrogen) atoms. The van der Waals surface area contributed by atoms with Crippen molar-refractivity contribution in [1.82, 2.24) is 14.9 Å². The number of aryl methyl sites for hydroxylation is 3. The fraction of sp³-hybridized carbons (Fsp3) is 0.615. The second kappa shape index (κ2) is 12.7. The maximum absolute atomic E-state index is 6.33. The lowest BCUT2D eigenvalue weighted by molar-refractivity contribution is 0.273. The van der Waals surface area contributed by atoms with E-state index in [-0.39, 0.29) is 0 Å². The first kappa shape index (κ1) is 25.1. The van der Waals surface area contributed by atoms with Crippen LogP contribution in [0.2, 0.25) is 0 Å². The van der Waals surface area contributed by atoms with Crippen LogP contribution in [-0.2, 0) is 12.8 Å². The highest BCUT2D eigenvalue weighted by Crippen LogP contribution is 2.35. The van der Waals surface area contributed by atoms with Crippen molar-refractivity contribution in [3.63, 3.8) is 0 Å². The van der Waals surface area contributed by atoms with Crippen molar-refractivity contribution in [2.75, 3.05) is 45.2 Å². The standard InChI is InChI=1S/C26H42N4O/c1-8-16-30(17-9-2)24-20(5)27-25(28-26(24)31-19-13-18-29(6)7)23-21(10-3)14-12-15-22(23)11-4/h12,14-15H,8-11,13,16-19H2,1-7H3. The Morgan fingerprint density at radius 2 is 1.48 bits per heavy atom. The Morgan fingerprint density at radius 3 is 2.00 bits per heavy atom. The highest BCUT2D eigenvalue weighted by Gasteiger charge is 2.21. The number of nitrogens with zero attached hydrogens (tertiary/aromatic N) is 4. The molecule has 0 amide bonds. The summed E-state index contributed by atoms with van der Waals surface area (Å²) in [7, 11) is 4.19. The number of hydrogen-bond acceptors (Lipinski definition) is 5. The first-order chi connectivity index (χ1) is 15.0. The maximum Gasteiger partial charge on any atom is 0.241 e. The minimum atomic E-state index is 0.656. The number of hydrogen-bond donors (Lipinski definition) is 0. The third kappa shape index (κ3) is 6.67. The van der Waals surface area contributed by atoms with Crippen molar-refractivity contribution >= 4 is 5.69 Å². The molecule has 0 aliphatic rings. The molecule has 2 rings (SSSR count). The predicted octanol–water partition coefficient (Wildman–Crippen LogP) is 5.53. The molecule has 5 nitrogen and oxygen atoms in total. The average molecular weight is 427 g/mol. The molecule has 0 aliphatic heterocycles. The van der Waals surface area contributed by atoms with Gasteiger partial charge in [0.1, 0.15) is 5.69 Å². The van der Waals surface area contributed by atoms with Gasteiger partial charge in [0.05, 0.1) is 12.3 Å². The number of rotatable bonds is 13. The minimum Gasteiger partial charge on any atom is -0.476 e. The van der Waals surface area contributed by atoms with Gasteiger partial charge in [0.25, 0.3) is 0 Å². The Bertz CT molecular complexity index is 791. The summed E-state index contributed by atoms with van der Waals surface area (Å²) >= 11 is 0. The number of aromatic nitrogens is 2. The Balaban J connectivity index is 2.56. The van der Waals surface area contributed by atoms with Crippen molar-refractivity contribution in [2.45, 2.75) is 66.7 Å². The Labute approximate surface area is 189 Å². The van der Waals surface area contributed by atoms with E-state index in [0.29, 0.717) is 6.61 Å². The molecule has 0 spiro atoms. The second-order valence-corrected chi connectivity index (χ2v) is 8.44. The van der Waals surface area contributed by atoms with E-state index in [2.05, 4.69) is 76.7 Å².